The molecule has 2 rings (SSSR count). The first kappa shape index (κ1) is 11.2. The molecule has 16 heavy (non-hydrogen) atoms. The van der Waals surface area contributed by atoms with Crippen LogP contribution in [0.15, 0.2) is 18.2 Å². The van der Waals surface area contributed by atoms with Gasteiger partial charge in [0.05, 0.1) is 5.92 Å². The average Bonchev–Trinajstić information content (AvgIpc) is 2.48. The molecule has 1 N–H and O–H groups in total. The van der Waals surface area contributed by atoms with Crippen molar-refractivity contribution in [2.24, 2.45) is 5.41 Å². The summed E-state index contributed by atoms with van der Waals surface area (Å²) in [4.78, 5) is 10.9. The number of carbonyl (C=O) groups is 1. The van der Waals surface area contributed by atoms with Gasteiger partial charge in [-0.25, -0.2) is 0 Å². The zero-order valence-corrected chi connectivity index (χ0v) is 10.1. The summed E-state index contributed by atoms with van der Waals surface area (Å²) in [6, 6.07) is 6.13. The highest BCUT2D eigenvalue weighted by atomic mass is 16.4. The number of hydrogen-bond acceptors (Lipinski definition) is 1. The highest BCUT2D eigenvalue weighted by molar-refractivity contribution is 5.75. The van der Waals surface area contributed by atoms with Gasteiger partial charge in [-0.3, -0.25) is 4.79 Å². The standard InChI is InChI=1S/C14H18O2/c1-9(13(15)16)10-4-5-11-7-14(2,3)8-12(11)6-10/h4-6,9H,7-8H2,1-3H3,(H,15,16). The summed E-state index contributed by atoms with van der Waals surface area (Å²) in [5.41, 5.74) is 3.96. The first-order valence-corrected chi connectivity index (χ1v) is 5.73. The third kappa shape index (κ3) is 1.97. The van der Waals surface area contributed by atoms with Crippen molar-refractivity contribution in [2.75, 3.05) is 0 Å². The Morgan fingerprint density at radius 3 is 2.56 bits per heavy atom. The monoisotopic (exact) mass is 218 g/mol. The van der Waals surface area contributed by atoms with Gasteiger partial charge in [0.1, 0.15) is 0 Å². The Morgan fingerprint density at radius 2 is 1.94 bits per heavy atom. The van der Waals surface area contributed by atoms with Crippen molar-refractivity contribution in [3.63, 3.8) is 0 Å². The van der Waals surface area contributed by atoms with Gasteiger partial charge in [-0.15, -0.1) is 0 Å². The van der Waals surface area contributed by atoms with Crippen LogP contribution in [0.5, 0.6) is 0 Å². The molecule has 1 atom stereocenters. The Balaban J connectivity index is 2.32. The molecule has 0 saturated heterocycles. The van der Waals surface area contributed by atoms with E-state index in [1.165, 1.54) is 11.1 Å². The third-order valence-corrected chi connectivity index (χ3v) is 3.44. The highest BCUT2D eigenvalue weighted by Gasteiger charge is 2.28. The number of fused-ring (bicyclic) bond motifs is 1. The van der Waals surface area contributed by atoms with Crippen LogP contribution in [0, 0.1) is 5.41 Å². The lowest BCUT2D eigenvalue weighted by atomic mass is 9.90. The van der Waals surface area contributed by atoms with Crippen LogP contribution < -0.4 is 0 Å². The summed E-state index contributed by atoms with van der Waals surface area (Å²) in [5, 5.41) is 8.99. The zero-order chi connectivity index (χ0) is 11.9. The lowest BCUT2D eigenvalue weighted by Gasteiger charge is -2.14. The molecule has 0 amide bonds. The van der Waals surface area contributed by atoms with E-state index in [1.54, 1.807) is 6.92 Å². The fraction of sp³-hybridized carbons (Fsp3) is 0.500. The van der Waals surface area contributed by atoms with E-state index < -0.39 is 11.9 Å². The largest absolute Gasteiger partial charge is 0.481 e. The molecule has 1 aliphatic rings. The third-order valence-electron chi connectivity index (χ3n) is 3.44. The molecule has 0 heterocycles. The van der Waals surface area contributed by atoms with E-state index in [-0.39, 0.29) is 0 Å². The molecule has 0 radical (unpaired) electrons. The van der Waals surface area contributed by atoms with E-state index in [0.29, 0.717) is 5.41 Å². The van der Waals surface area contributed by atoms with Crippen LogP contribution in [-0.2, 0) is 17.6 Å². The lowest BCUT2D eigenvalue weighted by molar-refractivity contribution is -0.138. The minimum atomic E-state index is -0.753. The molecule has 0 spiro atoms. The van der Waals surface area contributed by atoms with Gasteiger partial charge in [0.25, 0.3) is 0 Å². The van der Waals surface area contributed by atoms with E-state index in [9.17, 15) is 4.79 Å². The molecule has 1 aliphatic carbocycles. The van der Waals surface area contributed by atoms with Crippen LogP contribution >= 0.6 is 0 Å². The molecule has 1 aromatic rings. The normalized spacial score (nSPS) is 19.2. The number of rotatable bonds is 2. The van der Waals surface area contributed by atoms with Gasteiger partial charge in [0, 0.05) is 0 Å². The topological polar surface area (TPSA) is 37.3 Å². The number of carboxylic acid groups (broad SMARTS) is 1. The second-order valence-corrected chi connectivity index (χ2v) is 5.61. The minimum Gasteiger partial charge on any atom is -0.481 e. The van der Waals surface area contributed by atoms with Gasteiger partial charge in [0.15, 0.2) is 0 Å². The van der Waals surface area contributed by atoms with Gasteiger partial charge in [-0.05, 0) is 41.9 Å². The van der Waals surface area contributed by atoms with Gasteiger partial charge in [0.2, 0.25) is 0 Å². The first-order chi connectivity index (χ1) is 7.39. The van der Waals surface area contributed by atoms with E-state index >= 15 is 0 Å². The Kier molecular flexibility index (Phi) is 2.53. The van der Waals surface area contributed by atoms with E-state index in [1.807, 2.05) is 6.07 Å². The van der Waals surface area contributed by atoms with Crippen molar-refractivity contribution in [3.05, 3.63) is 34.9 Å². The number of hydrogen-bond donors (Lipinski definition) is 1. The quantitative estimate of drug-likeness (QED) is 0.828. The second-order valence-electron chi connectivity index (χ2n) is 5.61. The summed E-state index contributed by atoms with van der Waals surface area (Å²) >= 11 is 0. The Morgan fingerprint density at radius 1 is 1.31 bits per heavy atom. The maximum atomic E-state index is 10.9. The Hall–Kier alpha value is -1.31. The van der Waals surface area contributed by atoms with Crippen molar-refractivity contribution >= 4 is 5.97 Å². The molecule has 0 bridgehead atoms. The number of benzene rings is 1. The smallest absolute Gasteiger partial charge is 0.310 e. The van der Waals surface area contributed by atoms with Crippen molar-refractivity contribution in [3.8, 4) is 0 Å². The molecular weight excluding hydrogens is 200 g/mol. The predicted octanol–water partition coefficient (Wildman–Crippen LogP) is 3.00. The second kappa shape index (κ2) is 3.62. The molecular formula is C14H18O2. The van der Waals surface area contributed by atoms with Crippen molar-refractivity contribution in [1.29, 1.82) is 0 Å². The molecule has 0 aliphatic heterocycles. The summed E-state index contributed by atoms with van der Waals surface area (Å²) in [6.45, 7) is 6.25. The molecule has 1 aromatic carbocycles. The minimum absolute atomic E-state index is 0.327. The van der Waals surface area contributed by atoms with Crippen molar-refractivity contribution < 1.29 is 9.90 Å². The van der Waals surface area contributed by atoms with Gasteiger partial charge in [-0.2, -0.15) is 0 Å². The SMILES string of the molecule is CC(C(=O)O)c1ccc2c(c1)CC(C)(C)C2. The molecule has 1 unspecified atom stereocenters. The number of aliphatic carboxylic acids is 1. The van der Waals surface area contributed by atoms with E-state index in [2.05, 4.69) is 26.0 Å². The van der Waals surface area contributed by atoms with Crippen LogP contribution in [-0.4, -0.2) is 11.1 Å². The fourth-order valence-corrected chi connectivity index (χ4v) is 2.49. The van der Waals surface area contributed by atoms with Crippen LogP contribution in [0.3, 0.4) is 0 Å². The Bertz CT molecular complexity index is 432. The predicted molar refractivity (Wildman–Crippen MR) is 63.7 cm³/mol. The van der Waals surface area contributed by atoms with Gasteiger partial charge >= 0.3 is 5.97 Å². The maximum absolute atomic E-state index is 10.9. The van der Waals surface area contributed by atoms with E-state index in [0.717, 1.165) is 18.4 Å². The summed E-state index contributed by atoms with van der Waals surface area (Å²) in [6.07, 6.45) is 2.16. The molecule has 2 heteroatoms. The van der Waals surface area contributed by atoms with Crippen LogP contribution in [0.2, 0.25) is 0 Å². The highest BCUT2D eigenvalue weighted by Crippen LogP contribution is 2.37. The maximum Gasteiger partial charge on any atom is 0.310 e. The van der Waals surface area contributed by atoms with Crippen LogP contribution in [0.4, 0.5) is 0 Å². The van der Waals surface area contributed by atoms with Gasteiger partial charge < -0.3 is 5.11 Å². The van der Waals surface area contributed by atoms with Crippen molar-refractivity contribution in [2.45, 2.75) is 39.5 Å². The van der Waals surface area contributed by atoms with Crippen LogP contribution in [0.1, 0.15) is 43.4 Å². The molecule has 0 aromatic heterocycles. The molecule has 0 saturated carbocycles. The molecule has 2 nitrogen and oxygen atoms in total. The lowest BCUT2D eigenvalue weighted by Crippen LogP contribution is -2.09. The summed E-state index contributed by atoms with van der Waals surface area (Å²) < 4.78 is 0. The molecule has 86 valence electrons. The average molecular weight is 218 g/mol. The first-order valence-electron chi connectivity index (χ1n) is 5.73. The number of carboxylic acids is 1. The van der Waals surface area contributed by atoms with E-state index in [4.69, 9.17) is 5.11 Å². The molecule has 0 fully saturated rings. The fourth-order valence-electron chi connectivity index (χ4n) is 2.49. The van der Waals surface area contributed by atoms with Crippen molar-refractivity contribution in [1.82, 2.24) is 0 Å². The van der Waals surface area contributed by atoms with Gasteiger partial charge in [-0.1, -0.05) is 32.0 Å². The summed E-state index contributed by atoms with van der Waals surface area (Å²) in [7, 11) is 0. The zero-order valence-electron chi connectivity index (χ0n) is 10.1. The summed E-state index contributed by atoms with van der Waals surface area (Å²) in [5.74, 6) is -1.16. The van der Waals surface area contributed by atoms with Crippen LogP contribution in [0.25, 0.3) is 0 Å². The Labute approximate surface area is 96.3 Å².